The van der Waals surface area contributed by atoms with Crippen LogP contribution in [0, 0.1) is 0 Å². The molecule has 68 valence electrons. The van der Waals surface area contributed by atoms with Crippen LogP contribution in [0.5, 0.6) is 0 Å². The quantitative estimate of drug-likeness (QED) is 0.576. The first-order valence-corrected chi connectivity index (χ1v) is 3.37. The molecule has 0 fully saturated rings. The molecular weight excluding hydrogens is 165 g/mol. The predicted molar refractivity (Wildman–Crippen MR) is 43.8 cm³/mol. The number of hydrogen-bond acceptors (Lipinski definition) is 0. The lowest BCUT2D eigenvalue weighted by Crippen LogP contribution is -2.13. The molecule has 0 rings (SSSR count). The highest BCUT2D eigenvalue weighted by molar-refractivity contribution is 5.36. The van der Waals surface area contributed by atoms with Crippen molar-refractivity contribution in [2.24, 2.45) is 0 Å². The summed E-state index contributed by atoms with van der Waals surface area (Å²) in [5.74, 6) is -4.19. The molecule has 0 radical (unpaired) electrons. The molecule has 0 unspecified atom stereocenters. The highest BCUT2D eigenvalue weighted by atomic mass is 19.3. The number of allylic oxidation sites excluding steroid dienone is 4. The van der Waals surface area contributed by atoms with Gasteiger partial charge < -0.3 is 0 Å². The second kappa shape index (κ2) is 3.61. The second-order valence-electron chi connectivity index (χ2n) is 2.60. The van der Waals surface area contributed by atoms with Crippen LogP contribution in [0.3, 0.4) is 0 Å². The summed E-state index contributed by atoms with van der Waals surface area (Å²) in [6, 6.07) is 0. The van der Waals surface area contributed by atoms with Gasteiger partial charge in [0.15, 0.2) is 0 Å². The Morgan fingerprint density at radius 3 is 1.92 bits per heavy atom. The molecule has 12 heavy (non-hydrogen) atoms. The molecule has 0 saturated carbocycles. The van der Waals surface area contributed by atoms with Crippen molar-refractivity contribution in [3.8, 4) is 0 Å². The van der Waals surface area contributed by atoms with E-state index >= 15 is 0 Å². The summed E-state index contributed by atoms with van der Waals surface area (Å²) in [4.78, 5) is 0. The lowest BCUT2D eigenvalue weighted by molar-refractivity contribution is 0.0649. The van der Waals surface area contributed by atoms with Gasteiger partial charge in [-0.25, -0.2) is 13.2 Å². The van der Waals surface area contributed by atoms with Crippen LogP contribution in [0.4, 0.5) is 13.2 Å². The summed E-state index contributed by atoms with van der Waals surface area (Å²) in [7, 11) is 0. The Balaban J connectivity index is 5.14. The molecule has 0 aliphatic heterocycles. The van der Waals surface area contributed by atoms with E-state index in [1.54, 1.807) is 0 Å². The Kier molecular flexibility index (Phi) is 3.31. The van der Waals surface area contributed by atoms with Gasteiger partial charge in [-0.1, -0.05) is 19.2 Å². The van der Waals surface area contributed by atoms with Gasteiger partial charge in [0.05, 0.1) is 5.57 Å². The van der Waals surface area contributed by atoms with E-state index in [-0.39, 0.29) is 5.57 Å². The maximum absolute atomic E-state index is 12.9. The Bertz CT molecular complexity index is 231. The summed E-state index contributed by atoms with van der Waals surface area (Å²) < 4.78 is 38.1. The third-order valence-electron chi connectivity index (χ3n) is 1.29. The molecule has 0 heterocycles. The molecule has 0 aliphatic carbocycles. The first-order chi connectivity index (χ1) is 5.30. The number of halogens is 3. The van der Waals surface area contributed by atoms with Crippen LogP contribution in [-0.2, 0) is 0 Å². The molecule has 0 aromatic carbocycles. The van der Waals surface area contributed by atoms with E-state index < -0.39 is 17.3 Å². The van der Waals surface area contributed by atoms with E-state index in [2.05, 4.69) is 13.2 Å². The zero-order valence-electron chi connectivity index (χ0n) is 7.13. The third kappa shape index (κ3) is 2.57. The van der Waals surface area contributed by atoms with Gasteiger partial charge in [-0.3, -0.25) is 0 Å². The predicted octanol–water partition coefficient (Wildman–Crippen LogP) is 3.63. The van der Waals surface area contributed by atoms with Crippen molar-refractivity contribution in [2.75, 3.05) is 0 Å². The highest BCUT2D eigenvalue weighted by Gasteiger charge is 2.28. The van der Waals surface area contributed by atoms with Crippen LogP contribution in [0.1, 0.15) is 13.8 Å². The van der Waals surface area contributed by atoms with E-state index in [1.807, 2.05) is 0 Å². The Labute approximate surface area is 70.1 Å². The molecular formula is C9H11F3. The molecule has 3 heteroatoms. The summed E-state index contributed by atoms with van der Waals surface area (Å²) in [6.45, 7) is 8.28. The smallest absolute Gasteiger partial charge is 0.206 e. The summed E-state index contributed by atoms with van der Waals surface area (Å²) in [5, 5.41) is 0. The van der Waals surface area contributed by atoms with E-state index in [4.69, 9.17) is 0 Å². The monoisotopic (exact) mass is 176 g/mol. The van der Waals surface area contributed by atoms with Crippen molar-refractivity contribution in [1.29, 1.82) is 0 Å². The standard InChI is InChI=1S/C9H11F3/c1-5-7(9(4,11)12)8(10)6(2)3/h5H,1-2H2,3-4H3/b8-7-. The van der Waals surface area contributed by atoms with Gasteiger partial charge in [0, 0.05) is 6.92 Å². The Morgan fingerprint density at radius 2 is 1.83 bits per heavy atom. The molecule has 0 aromatic rings. The summed E-state index contributed by atoms with van der Waals surface area (Å²) >= 11 is 0. The average Bonchev–Trinajstić information content (AvgIpc) is 1.85. The molecule has 0 N–H and O–H groups in total. The van der Waals surface area contributed by atoms with Crippen LogP contribution >= 0.6 is 0 Å². The first kappa shape index (κ1) is 11.0. The van der Waals surface area contributed by atoms with E-state index in [9.17, 15) is 13.2 Å². The van der Waals surface area contributed by atoms with Gasteiger partial charge in [-0.2, -0.15) is 0 Å². The molecule has 0 atom stereocenters. The van der Waals surface area contributed by atoms with Crippen LogP contribution in [0.2, 0.25) is 0 Å². The van der Waals surface area contributed by atoms with Crippen molar-refractivity contribution < 1.29 is 13.2 Å². The summed E-state index contributed by atoms with van der Waals surface area (Å²) in [6.07, 6.45) is 0.810. The van der Waals surface area contributed by atoms with Crippen molar-refractivity contribution >= 4 is 0 Å². The van der Waals surface area contributed by atoms with Gasteiger partial charge in [0.25, 0.3) is 5.92 Å². The topological polar surface area (TPSA) is 0 Å². The minimum absolute atomic E-state index is 0.0218. The molecule has 0 aromatic heterocycles. The van der Waals surface area contributed by atoms with Crippen LogP contribution in [-0.4, -0.2) is 5.92 Å². The molecule has 0 spiro atoms. The van der Waals surface area contributed by atoms with E-state index in [1.165, 1.54) is 6.92 Å². The fourth-order valence-corrected chi connectivity index (χ4v) is 0.691. The SMILES string of the molecule is C=C/C(=C(/F)C(=C)C)C(C)(F)F. The minimum atomic E-state index is -3.20. The molecule has 0 saturated heterocycles. The van der Waals surface area contributed by atoms with Crippen molar-refractivity contribution in [3.63, 3.8) is 0 Å². The molecule has 0 nitrogen and oxygen atoms in total. The number of hydrogen-bond donors (Lipinski definition) is 0. The molecule has 0 amide bonds. The fourth-order valence-electron chi connectivity index (χ4n) is 0.691. The van der Waals surface area contributed by atoms with Crippen molar-refractivity contribution in [3.05, 3.63) is 36.2 Å². The Morgan fingerprint density at radius 1 is 1.42 bits per heavy atom. The van der Waals surface area contributed by atoms with Crippen molar-refractivity contribution in [2.45, 2.75) is 19.8 Å². The first-order valence-electron chi connectivity index (χ1n) is 3.37. The number of rotatable bonds is 3. The fraction of sp³-hybridized carbons (Fsp3) is 0.333. The van der Waals surface area contributed by atoms with Crippen LogP contribution in [0.25, 0.3) is 0 Å². The van der Waals surface area contributed by atoms with Gasteiger partial charge >= 0.3 is 0 Å². The minimum Gasteiger partial charge on any atom is -0.206 e. The van der Waals surface area contributed by atoms with E-state index in [0.29, 0.717) is 6.92 Å². The zero-order chi connectivity index (χ0) is 9.94. The van der Waals surface area contributed by atoms with Crippen molar-refractivity contribution in [1.82, 2.24) is 0 Å². The highest BCUT2D eigenvalue weighted by Crippen LogP contribution is 2.29. The van der Waals surface area contributed by atoms with E-state index in [0.717, 1.165) is 6.08 Å². The maximum atomic E-state index is 12.9. The van der Waals surface area contributed by atoms with Gasteiger partial charge in [0.2, 0.25) is 0 Å². The Hall–Kier alpha value is -0.990. The molecule has 0 bridgehead atoms. The lowest BCUT2D eigenvalue weighted by Gasteiger charge is -2.12. The molecule has 0 aliphatic rings. The maximum Gasteiger partial charge on any atom is 0.273 e. The van der Waals surface area contributed by atoms with Crippen LogP contribution < -0.4 is 0 Å². The number of alkyl halides is 2. The van der Waals surface area contributed by atoms with Crippen LogP contribution in [0.15, 0.2) is 36.2 Å². The average molecular weight is 176 g/mol. The summed E-state index contributed by atoms with van der Waals surface area (Å²) in [5.41, 5.74) is -0.735. The van der Waals surface area contributed by atoms with Gasteiger partial charge in [-0.05, 0) is 12.5 Å². The lowest BCUT2D eigenvalue weighted by atomic mass is 10.1. The zero-order valence-corrected chi connectivity index (χ0v) is 7.13. The normalized spacial score (nSPS) is 13.8. The van der Waals surface area contributed by atoms with Gasteiger partial charge in [0.1, 0.15) is 5.83 Å². The largest absolute Gasteiger partial charge is 0.273 e. The third-order valence-corrected chi connectivity index (χ3v) is 1.29. The second-order valence-corrected chi connectivity index (χ2v) is 2.60. The van der Waals surface area contributed by atoms with Gasteiger partial charge in [-0.15, -0.1) is 0 Å².